The van der Waals surface area contributed by atoms with Crippen molar-refractivity contribution < 1.29 is 13.2 Å². The molecular weight excluding hydrogens is 266 g/mol. The van der Waals surface area contributed by atoms with Gasteiger partial charge in [0, 0.05) is 25.7 Å². The van der Waals surface area contributed by atoms with Crippen molar-refractivity contribution in [3.8, 4) is 0 Å². The number of sulfonamides is 1. The predicted octanol–water partition coefficient (Wildman–Crippen LogP) is 1.07. The van der Waals surface area contributed by atoms with Crippen LogP contribution in [0.1, 0.15) is 32.5 Å². The number of aryl methyl sites for hydroxylation is 1. The van der Waals surface area contributed by atoms with Gasteiger partial charge in [0.2, 0.25) is 0 Å². The van der Waals surface area contributed by atoms with E-state index in [0.717, 1.165) is 12.8 Å². The maximum atomic E-state index is 12.2. The van der Waals surface area contributed by atoms with Crippen LogP contribution in [0, 0.1) is 5.92 Å². The number of aromatic amines is 1. The predicted molar refractivity (Wildman–Crippen MR) is 71.3 cm³/mol. The molecule has 1 unspecified atom stereocenters. The second kappa shape index (κ2) is 6.02. The van der Waals surface area contributed by atoms with Crippen molar-refractivity contribution in [2.24, 2.45) is 5.92 Å². The maximum Gasteiger partial charge on any atom is 0.257 e. The average molecular weight is 287 g/mol. The van der Waals surface area contributed by atoms with E-state index in [0.29, 0.717) is 31.4 Å². The number of imidazole rings is 1. The van der Waals surface area contributed by atoms with Crippen molar-refractivity contribution in [2.45, 2.75) is 44.2 Å². The molecular formula is C12H21N3O3S. The second-order valence-electron chi connectivity index (χ2n) is 4.91. The number of H-pyrrole nitrogens is 1. The minimum Gasteiger partial charge on any atom is -0.381 e. The first kappa shape index (κ1) is 14.5. The molecule has 0 amide bonds. The van der Waals surface area contributed by atoms with Crippen molar-refractivity contribution in [3.63, 3.8) is 0 Å². The van der Waals surface area contributed by atoms with Gasteiger partial charge in [0.05, 0.1) is 6.20 Å². The van der Waals surface area contributed by atoms with Crippen LogP contribution in [-0.2, 0) is 21.2 Å². The van der Waals surface area contributed by atoms with E-state index in [2.05, 4.69) is 14.7 Å². The molecule has 19 heavy (non-hydrogen) atoms. The number of nitrogens with zero attached hydrogens (tertiary/aromatic N) is 1. The molecule has 0 spiro atoms. The summed E-state index contributed by atoms with van der Waals surface area (Å²) in [5.41, 5.74) is 0. The number of rotatable bonds is 5. The summed E-state index contributed by atoms with van der Waals surface area (Å²) in [4.78, 5) is 6.85. The molecule has 1 atom stereocenters. The van der Waals surface area contributed by atoms with Gasteiger partial charge in [-0.15, -0.1) is 0 Å². The van der Waals surface area contributed by atoms with Gasteiger partial charge >= 0.3 is 0 Å². The first-order valence-electron chi connectivity index (χ1n) is 6.67. The van der Waals surface area contributed by atoms with E-state index in [9.17, 15) is 8.42 Å². The largest absolute Gasteiger partial charge is 0.381 e. The van der Waals surface area contributed by atoms with E-state index in [1.165, 1.54) is 6.20 Å². The Morgan fingerprint density at radius 3 is 2.79 bits per heavy atom. The summed E-state index contributed by atoms with van der Waals surface area (Å²) in [6.45, 7) is 5.25. The van der Waals surface area contributed by atoms with Gasteiger partial charge in [-0.1, -0.05) is 6.92 Å². The fraction of sp³-hybridized carbons (Fsp3) is 0.750. The van der Waals surface area contributed by atoms with Gasteiger partial charge in [-0.2, -0.15) is 0 Å². The zero-order chi connectivity index (χ0) is 13.9. The Labute approximate surface area is 114 Å². The number of ether oxygens (including phenoxy) is 1. The second-order valence-corrected chi connectivity index (χ2v) is 6.59. The zero-order valence-corrected chi connectivity index (χ0v) is 12.2. The molecule has 108 valence electrons. The molecule has 0 aromatic carbocycles. The molecule has 2 N–H and O–H groups in total. The van der Waals surface area contributed by atoms with Crippen LogP contribution in [0.25, 0.3) is 0 Å². The first-order valence-corrected chi connectivity index (χ1v) is 8.15. The summed E-state index contributed by atoms with van der Waals surface area (Å²) in [6, 6.07) is -0.0951. The van der Waals surface area contributed by atoms with E-state index in [4.69, 9.17) is 4.74 Å². The fourth-order valence-corrected chi connectivity index (χ4v) is 3.53. The molecule has 1 aromatic heterocycles. The van der Waals surface area contributed by atoms with Gasteiger partial charge < -0.3 is 9.72 Å². The van der Waals surface area contributed by atoms with Gasteiger partial charge in [0.15, 0.2) is 5.03 Å². The van der Waals surface area contributed by atoms with E-state index in [1.807, 2.05) is 13.8 Å². The van der Waals surface area contributed by atoms with E-state index < -0.39 is 10.0 Å². The number of hydrogen-bond acceptors (Lipinski definition) is 4. The van der Waals surface area contributed by atoms with Gasteiger partial charge in [-0.05, 0) is 25.7 Å². The molecule has 0 saturated carbocycles. The van der Waals surface area contributed by atoms with Crippen LogP contribution in [0.5, 0.6) is 0 Å². The molecule has 0 aliphatic carbocycles. The highest BCUT2D eigenvalue weighted by molar-refractivity contribution is 7.89. The highest BCUT2D eigenvalue weighted by Gasteiger charge is 2.26. The lowest BCUT2D eigenvalue weighted by Gasteiger charge is -2.27. The van der Waals surface area contributed by atoms with Gasteiger partial charge in [-0.25, -0.2) is 18.1 Å². The smallest absolute Gasteiger partial charge is 0.257 e. The van der Waals surface area contributed by atoms with Crippen molar-refractivity contribution in [2.75, 3.05) is 13.2 Å². The summed E-state index contributed by atoms with van der Waals surface area (Å²) in [7, 11) is -3.51. The topological polar surface area (TPSA) is 84.1 Å². The van der Waals surface area contributed by atoms with Gasteiger partial charge in [0.1, 0.15) is 5.82 Å². The average Bonchev–Trinajstić information content (AvgIpc) is 2.89. The Morgan fingerprint density at radius 1 is 1.53 bits per heavy atom. The van der Waals surface area contributed by atoms with Crippen LogP contribution in [-0.4, -0.2) is 37.6 Å². The Bertz CT molecular complexity index is 506. The molecule has 1 aliphatic rings. The van der Waals surface area contributed by atoms with Crippen LogP contribution in [0.4, 0.5) is 0 Å². The third-order valence-corrected chi connectivity index (χ3v) is 5.01. The molecule has 2 heterocycles. The third-order valence-electron chi connectivity index (χ3n) is 3.54. The van der Waals surface area contributed by atoms with Crippen molar-refractivity contribution in [1.29, 1.82) is 0 Å². The minimum atomic E-state index is -3.51. The van der Waals surface area contributed by atoms with Gasteiger partial charge in [0.25, 0.3) is 10.0 Å². The summed E-state index contributed by atoms with van der Waals surface area (Å²) in [5, 5.41) is 0.142. The Hall–Kier alpha value is -0.920. The molecule has 6 nitrogen and oxygen atoms in total. The van der Waals surface area contributed by atoms with Crippen LogP contribution in [0.15, 0.2) is 11.2 Å². The number of hydrogen-bond donors (Lipinski definition) is 2. The number of aromatic nitrogens is 2. The Balaban J connectivity index is 2.03. The molecule has 0 radical (unpaired) electrons. The highest BCUT2D eigenvalue weighted by Crippen LogP contribution is 2.20. The van der Waals surface area contributed by atoms with E-state index in [1.54, 1.807) is 0 Å². The van der Waals surface area contributed by atoms with Gasteiger partial charge in [-0.3, -0.25) is 0 Å². The monoisotopic (exact) mass is 287 g/mol. The quantitative estimate of drug-likeness (QED) is 0.848. The Morgan fingerprint density at radius 2 is 2.21 bits per heavy atom. The van der Waals surface area contributed by atoms with Crippen LogP contribution < -0.4 is 4.72 Å². The summed E-state index contributed by atoms with van der Waals surface area (Å²) in [6.07, 6.45) is 3.85. The summed E-state index contributed by atoms with van der Waals surface area (Å²) < 4.78 is 32.4. The van der Waals surface area contributed by atoms with Crippen molar-refractivity contribution >= 4 is 10.0 Å². The molecule has 0 bridgehead atoms. The molecule has 1 fully saturated rings. The lowest BCUT2D eigenvalue weighted by molar-refractivity contribution is 0.0585. The standard InChI is InChI=1S/C12H21N3O3S/c1-3-11-13-8-12(14-11)19(16,17)15-9(2)10-4-6-18-7-5-10/h8-10,15H,3-7H2,1-2H3,(H,13,14). The lowest BCUT2D eigenvalue weighted by atomic mass is 9.94. The molecule has 1 aromatic rings. The SMILES string of the molecule is CCc1ncc(S(=O)(=O)NC(C)C2CCOCC2)[nH]1. The van der Waals surface area contributed by atoms with Crippen molar-refractivity contribution in [1.82, 2.24) is 14.7 Å². The fourth-order valence-electron chi connectivity index (χ4n) is 2.28. The summed E-state index contributed by atoms with van der Waals surface area (Å²) in [5.74, 6) is 1.01. The highest BCUT2D eigenvalue weighted by atomic mass is 32.2. The third kappa shape index (κ3) is 3.55. The van der Waals surface area contributed by atoms with Crippen LogP contribution in [0.3, 0.4) is 0 Å². The van der Waals surface area contributed by atoms with E-state index in [-0.39, 0.29) is 11.1 Å². The summed E-state index contributed by atoms with van der Waals surface area (Å²) >= 11 is 0. The first-order chi connectivity index (χ1) is 9.03. The maximum absolute atomic E-state index is 12.2. The van der Waals surface area contributed by atoms with E-state index >= 15 is 0 Å². The Kier molecular flexibility index (Phi) is 4.59. The normalized spacial score (nSPS) is 19.5. The molecule has 2 rings (SSSR count). The molecule has 7 heteroatoms. The van der Waals surface area contributed by atoms with Crippen LogP contribution in [0.2, 0.25) is 0 Å². The van der Waals surface area contributed by atoms with Crippen LogP contribution >= 0.6 is 0 Å². The van der Waals surface area contributed by atoms with Crippen molar-refractivity contribution in [3.05, 3.63) is 12.0 Å². The molecule has 1 saturated heterocycles. The lowest BCUT2D eigenvalue weighted by Crippen LogP contribution is -2.40. The molecule has 1 aliphatic heterocycles. The number of nitrogens with one attached hydrogen (secondary N) is 2. The zero-order valence-electron chi connectivity index (χ0n) is 11.3. The minimum absolute atomic E-state index is 0.0951.